The maximum Gasteiger partial charge on any atom is 0.264 e. The van der Waals surface area contributed by atoms with Crippen LogP contribution in [0.4, 0.5) is 5.69 Å². The summed E-state index contributed by atoms with van der Waals surface area (Å²) < 4.78 is 29.8. The first-order valence-electron chi connectivity index (χ1n) is 13.8. The van der Waals surface area contributed by atoms with Crippen LogP contribution in [0.2, 0.25) is 5.02 Å². The van der Waals surface area contributed by atoms with Gasteiger partial charge >= 0.3 is 0 Å². The number of nitrogens with zero attached hydrogens (tertiary/aromatic N) is 2. The van der Waals surface area contributed by atoms with E-state index in [9.17, 15) is 18.0 Å². The Kier molecular flexibility index (Phi) is 11.0. The van der Waals surface area contributed by atoms with Crippen molar-refractivity contribution in [3.8, 4) is 0 Å². The minimum atomic E-state index is -4.18. The van der Waals surface area contributed by atoms with E-state index in [1.165, 1.54) is 23.1 Å². The number of hydrogen-bond acceptors (Lipinski definition) is 4. The lowest BCUT2D eigenvalue weighted by atomic mass is 10.0. The molecule has 2 amide bonds. The number of sulfonamides is 1. The summed E-state index contributed by atoms with van der Waals surface area (Å²) in [6.45, 7) is 3.23. The Morgan fingerprint density at radius 2 is 1.47 bits per heavy atom. The number of amides is 2. The zero-order chi connectivity index (χ0) is 31.0. The molecule has 0 radical (unpaired) electrons. The zero-order valence-corrected chi connectivity index (χ0v) is 27.0. The fourth-order valence-corrected chi connectivity index (χ4v) is 6.70. The van der Waals surface area contributed by atoms with Crippen LogP contribution in [0.25, 0.3) is 0 Å². The number of halogens is 2. The number of benzene rings is 4. The van der Waals surface area contributed by atoms with Crippen molar-refractivity contribution in [2.75, 3.05) is 10.8 Å². The Bertz CT molecular complexity index is 1650. The molecule has 0 heterocycles. The van der Waals surface area contributed by atoms with Crippen LogP contribution in [-0.4, -0.2) is 43.8 Å². The number of rotatable bonds is 12. The molecule has 1 N–H and O–H groups in total. The first-order valence-corrected chi connectivity index (χ1v) is 16.4. The van der Waals surface area contributed by atoms with E-state index < -0.39 is 28.5 Å². The minimum Gasteiger partial charge on any atom is -0.352 e. The molecule has 0 fully saturated rings. The molecule has 1 unspecified atom stereocenters. The molecule has 4 aromatic carbocycles. The third-order valence-corrected chi connectivity index (χ3v) is 9.17. The number of nitrogens with one attached hydrogen (secondary N) is 1. The summed E-state index contributed by atoms with van der Waals surface area (Å²) in [4.78, 5) is 29.6. The topological polar surface area (TPSA) is 86.8 Å². The summed E-state index contributed by atoms with van der Waals surface area (Å²) in [6, 6.07) is 30.1. The minimum absolute atomic E-state index is 0.0275. The van der Waals surface area contributed by atoms with Crippen molar-refractivity contribution in [1.82, 2.24) is 10.2 Å². The van der Waals surface area contributed by atoms with Crippen molar-refractivity contribution in [3.05, 3.63) is 130 Å². The summed E-state index contributed by atoms with van der Waals surface area (Å²) >= 11 is 9.75. The largest absolute Gasteiger partial charge is 0.352 e. The molecule has 1 atom stereocenters. The second-order valence-corrected chi connectivity index (χ2v) is 13.5. The van der Waals surface area contributed by atoms with Crippen molar-refractivity contribution in [2.45, 2.75) is 43.8 Å². The van der Waals surface area contributed by atoms with Gasteiger partial charge in [-0.1, -0.05) is 94.3 Å². The van der Waals surface area contributed by atoms with Crippen molar-refractivity contribution >= 4 is 55.1 Å². The van der Waals surface area contributed by atoms with E-state index in [4.69, 9.17) is 11.6 Å². The predicted octanol–water partition coefficient (Wildman–Crippen LogP) is 6.46. The van der Waals surface area contributed by atoms with Gasteiger partial charge in [0, 0.05) is 28.5 Å². The fourth-order valence-electron chi connectivity index (χ4n) is 4.65. The fraction of sp³-hybridized carbons (Fsp3) is 0.212. The first kappa shape index (κ1) is 32.3. The quantitative estimate of drug-likeness (QED) is 0.186. The molecule has 0 saturated heterocycles. The van der Waals surface area contributed by atoms with Gasteiger partial charge in [0.1, 0.15) is 12.6 Å². The molecule has 10 heteroatoms. The number of hydrogen-bond donors (Lipinski definition) is 1. The van der Waals surface area contributed by atoms with Crippen LogP contribution in [-0.2, 0) is 32.6 Å². The van der Waals surface area contributed by atoms with Gasteiger partial charge in [-0.3, -0.25) is 13.9 Å². The molecule has 0 aromatic heterocycles. The highest BCUT2D eigenvalue weighted by molar-refractivity contribution is 9.10. The van der Waals surface area contributed by atoms with Crippen LogP contribution in [0.1, 0.15) is 25.0 Å². The van der Waals surface area contributed by atoms with Crippen LogP contribution < -0.4 is 9.62 Å². The molecular formula is C33H33BrClN3O4S. The van der Waals surface area contributed by atoms with E-state index in [0.717, 1.165) is 19.9 Å². The molecule has 0 aliphatic heterocycles. The van der Waals surface area contributed by atoms with Gasteiger partial charge in [0.05, 0.1) is 10.6 Å². The number of carbonyl (C=O) groups is 2. The molecule has 7 nitrogen and oxygen atoms in total. The lowest BCUT2D eigenvalue weighted by Gasteiger charge is -2.34. The smallest absolute Gasteiger partial charge is 0.264 e. The average Bonchev–Trinajstić information content (AvgIpc) is 2.98. The SMILES string of the molecule is CC(C)NC(=O)C(Cc1ccccc1)N(Cc1cccc(Br)c1)C(=O)CN(c1cccc(Cl)c1)S(=O)(=O)c1ccccc1. The molecular weight excluding hydrogens is 650 g/mol. The Hall–Kier alpha value is -3.66. The van der Waals surface area contributed by atoms with Crippen LogP contribution >= 0.6 is 27.5 Å². The van der Waals surface area contributed by atoms with Gasteiger partial charge in [-0.05, 0) is 67.4 Å². The summed E-state index contributed by atoms with van der Waals surface area (Å²) in [5.74, 6) is -0.873. The van der Waals surface area contributed by atoms with Gasteiger partial charge in [0.15, 0.2) is 0 Å². The van der Waals surface area contributed by atoms with E-state index in [0.29, 0.717) is 5.02 Å². The van der Waals surface area contributed by atoms with E-state index in [2.05, 4.69) is 21.2 Å². The number of anilines is 1. The van der Waals surface area contributed by atoms with Crippen molar-refractivity contribution in [2.24, 2.45) is 0 Å². The Balaban J connectivity index is 1.80. The van der Waals surface area contributed by atoms with Crippen LogP contribution in [0.5, 0.6) is 0 Å². The van der Waals surface area contributed by atoms with E-state index >= 15 is 0 Å². The second-order valence-electron chi connectivity index (χ2n) is 10.3. The van der Waals surface area contributed by atoms with Crippen molar-refractivity contribution in [1.29, 1.82) is 0 Å². The zero-order valence-electron chi connectivity index (χ0n) is 23.9. The highest BCUT2D eigenvalue weighted by Crippen LogP contribution is 2.27. The Labute approximate surface area is 266 Å². The summed E-state index contributed by atoms with van der Waals surface area (Å²) in [7, 11) is -4.18. The lowest BCUT2D eigenvalue weighted by Crippen LogP contribution is -2.54. The Morgan fingerprint density at radius 3 is 2.09 bits per heavy atom. The molecule has 0 bridgehead atoms. The van der Waals surface area contributed by atoms with E-state index in [1.807, 2.05) is 68.4 Å². The third-order valence-electron chi connectivity index (χ3n) is 6.65. The standard InChI is InChI=1S/C33H33BrClN3O4S/c1-24(2)36-33(40)31(20-25-11-5-3-6-12-25)37(22-26-13-9-14-27(34)19-26)32(39)23-38(29-16-10-15-28(35)21-29)43(41,42)30-17-7-4-8-18-30/h3-19,21,24,31H,20,22-23H2,1-2H3,(H,36,40). The Morgan fingerprint density at radius 1 is 0.837 bits per heavy atom. The summed E-state index contributed by atoms with van der Waals surface area (Å²) in [5.41, 5.74) is 1.87. The maximum absolute atomic E-state index is 14.4. The van der Waals surface area contributed by atoms with Crippen LogP contribution in [0, 0.1) is 0 Å². The van der Waals surface area contributed by atoms with E-state index in [1.54, 1.807) is 36.4 Å². The van der Waals surface area contributed by atoms with Gasteiger partial charge < -0.3 is 10.2 Å². The highest BCUT2D eigenvalue weighted by atomic mass is 79.9. The number of carbonyl (C=O) groups excluding carboxylic acids is 2. The predicted molar refractivity (Wildman–Crippen MR) is 174 cm³/mol. The van der Waals surface area contributed by atoms with Crippen molar-refractivity contribution in [3.63, 3.8) is 0 Å². The van der Waals surface area contributed by atoms with Gasteiger partial charge in [-0.25, -0.2) is 8.42 Å². The molecule has 0 spiro atoms. The van der Waals surface area contributed by atoms with Gasteiger partial charge in [0.2, 0.25) is 11.8 Å². The monoisotopic (exact) mass is 681 g/mol. The van der Waals surface area contributed by atoms with Gasteiger partial charge in [-0.2, -0.15) is 0 Å². The van der Waals surface area contributed by atoms with Crippen molar-refractivity contribution < 1.29 is 18.0 Å². The molecule has 0 aliphatic carbocycles. The van der Waals surface area contributed by atoms with E-state index in [-0.39, 0.29) is 35.5 Å². The summed E-state index contributed by atoms with van der Waals surface area (Å²) in [5, 5.41) is 3.27. The molecule has 224 valence electrons. The highest BCUT2D eigenvalue weighted by Gasteiger charge is 2.34. The molecule has 4 rings (SSSR count). The molecule has 4 aromatic rings. The van der Waals surface area contributed by atoms with Crippen LogP contribution in [0.3, 0.4) is 0 Å². The third kappa shape index (κ3) is 8.69. The normalized spacial score (nSPS) is 12.0. The first-order chi connectivity index (χ1) is 20.5. The average molecular weight is 683 g/mol. The lowest BCUT2D eigenvalue weighted by molar-refractivity contribution is -0.140. The molecule has 0 aliphatic rings. The van der Waals surface area contributed by atoms with Gasteiger partial charge in [0.25, 0.3) is 10.0 Å². The second kappa shape index (κ2) is 14.7. The molecule has 0 saturated carbocycles. The maximum atomic E-state index is 14.4. The van der Waals surface area contributed by atoms with Crippen LogP contribution in [0.15, 0.2) is 119 Å². The van der Waals surface area contributed by atoms with Gasteiger partial charge in [-0.15, -0.1) is 0 Å². The summed E-state index contributed by atoms with van der Waals surface area (Å²) in [6.07, 6.45) is 0.238. The molecule has 43 heavy (non-hydrogen) atoms.